The minimum Gasteiger partial charge on any atom is -0.314 e. The van der Waals surface area contributed by atoms with Gasteiger partial charge in [0.05, 0.1) is 0 Å². The van der Waals surface area contributed by atoms with E-state index in [0.717, 1.165) is 6.04 Å². The molecule has 0 aromatic heterocycles. The summed E-state index contributed by atoms with van der Waals surface area (Å²) >= 11 is 1.97. The van der Waals surface area contributed by atoms with Gasteiger partial charge in [-0.1, -0.05) is 40.5 Å². The van der Waals surface area contributed by atoms with Crippen LogP contribution >= 0.6 is 11.8 Å². The van der Waals surface area contributed by atoms with Gasteiger partial charge < -0.3 is 5.32 Å². The van der Waals surface area contributed by atoms with Crippen molar-refractivity contribution in [1.29, 1.82) is 0 Å². The third kappa shape index (κ3) is 7.60. The standard InChI is InChI=1S/C17H35NS/c1-16(2)12-15(13-17(3,4)14-16)18-10-8-6-7-9-11-19-5/h15,18H,6-14H2,1-5H3. The van der Waals surface area contributed by atoms with Gasteiger partial charge in [0.2, 0.25) is 0 Å². The van der Waals surface area contributed by atoms with Crippen LogP contribution in [0, 0.1) is 10.8 Å². The van der Waals surface area contributed by atoms with E-state index in [0.29, 0.717) is 10.8 Å². The second-order valence-electron chi connectivity index (χ2n) is 7.97. The van der Waals surface area contributed by atoms with Crippen LogP contribution < -0.4 is 5.32 Å². The number of rotatable bonds is 8. The van der Waals surface area contributed by atoms with E-state index >= 15 is 0 Å². The van der Waals surface area contributed by atoms with E-state index in [1.807, 2.05) is 11.8 Å². The highest BCUT2D eigenvalue weighted by atomic mass is 32.2. The second-order valence-corrected chi connectivity index (χ2v) is 8.96. The smallest absolute Gasteiger partial charge is 0.00772 e. The Morgan fingerprint density at radius 1 is 0.947 bits per heavy atom. The van der Waals surface area contributed by atoms with E-state index in [9.17, 15) is 0 Å². The van der Waals surface area contributed by atoms with Crippen LogP contribution in [0.4, 0.5) is 0 Å². The van der Waals surface area contributed by atoms with Crippen molar-refractivity contribution in [3.05, 3.63) is 0 Å². The third-order valence-electron chi connectivity index (χ3n) is 4.26. The predicted octanol–water partition coefficient (Wildman–Crippen LogP) is 5.10. The van der Waals surface area contributed by atoms with Gasteiger partial charge in [-0.05, 0) is 61.5 Å². The Balaban J connectivity index is 2.15. The maximum absolute atomic E-state index is 3.82. The van der Waals surface area contributed by atoms with Crippen molar-refractivity contribution in [3.8, 4) is 0 Å². The van der Waals surface area contributed by atoms with Gasteiger partial charge in [-0.3, -0.25) is 0 Å². The molecule has 0 atom stereocenters. The van der Waals surface area contributed by atoms with E-state index < -0.39 is 0 Å². The molecule has 0 heterocycles. The van der Waals surface area contributed by atoms with E-state index in [1.165, 1.54) is 57.2 Å². The van der Waals surface area contributed by atoms with Crippen LogP contribution in [0.1, 0.15) is 72.6 Å². The van der Waals surface area contributed by atoms with Gasteiger partial charge in [0.15, 0.2) is 0 Å². The summed E-state index contributed by atoms with van der Waals surface area (Å²) in [4.78, 5) is 0. The van der Waals surface area contributed by atoms with Crippen molar-refractivity contribution < 1.29 is 0 Å². The SMILES string of the molecule is CSCCCCCCNC1CC(C)(C)CC(C)(C)C1. The molecule has 0 bridgehead atoms. The Bertz CT molecular complexity index is 232. The van der Waals surface area contributed by atoms with Crippen molar-refractivity contribution in [3.63, 3.8) is 0 Å². The van der Waals surface area contributed by atoms with Crippen LogP contribution in [0.2, 0.25) is 0 Å². The third-order valence-corrected chi connectivity index (χ3v) is 4.96. The normalized spacial score (nSPS) is 22.6. The summed E-state index contributed by atoms with van der Waals surface area (Å²) < 4.78 is 0. The van der Waals surface area contributed by atoms with E-state index in [-0.39, 0.29) is 0 Å². The fraction of sp³-hybridized carbons (Fsp3) is 1.00. The van der Waals surface area contributed by atoms with Gasteiger partial charge in [0.25, 0.3) is 0 Å². The summed E-state index contributed by atoms with van der Waals surface area (Å²) in [6, 6.07) is 0.741. The Labute approximate surface area is 125 Å². The first-order chi connectivity index (χ1) is 8.85. The molecule has 0 radical (unpaired) electrons. The first kappa shape index (κ1) is 17.4. The zero-order valence-corrected chi connectivity index (χ0v) is 14.7. The molecular weight excluding hydrogens is 250 g/mol. The highest BCUT2D eigenvalue weighted by molar-refractivity contribution is 7.98. The van der Waals surface area contributed by atoms with E-state index in [1.54, 1.807) is 0 Å². The summed E-state index contributed by atoms with van der Waals surface area (Å²) in [6.07, 6.45) is 11.8. The van der Waals surface area contributed by atoms with Gasteiger partial charge in [0.1, 0.15) is 0 Å². The Hall–Kier alpha value is 0.310. The molecule has 0 unspecified atom stereocenters. The lowest BCUT2D eigenvalue weighted by molar-refractivity contribution is 0.0851. The van der Waals surface area contributed by atoms with Crippen LogP contribution in [0.15, 0.2) is 0 Å². The molecule has 114 valence electrons. The zero-order valence-electron chi connectivity index (χ0n) is 13.8. The fourth-order valence-corrected chi connectivity index (χ4v) is 4.51. The molecule has 1 fully saturated rings. The minimum atomic E-state index is 0.512. The summed E-state index contributed by atoms with van der Waals surface area (Å²) in [5.74, 6) is 1.33. The molecule has 0 saturated heterocycles. The first-order valence-electron chi connectivity index (χ1n) is 8.07. The predicted molar refractivity (Wildman–Crippen MR) is 90.1 cm³/mol. The fourth-order valence-electron chi connectivity index (χ4n) is 4.02. The summed E-state index contributed by atoms with van der Waals surface area (Å²) in [5, 5.41) is 3.82. The molecule has 0 aromatic carbocycles. The molecule has 19 heavy (non-hydrogen) atoms. The number of hydrogen-bond donors (Lipinski definition) is 1. The summed E-state index contributed by atoms with van der Waals surface area (Å²) in [7, 11) is 0. The summed E-state index contributed by atoms with van der Waals surface area (Å²) in [5.41, 5.74) is 1.02. The minimum absolute atomic E-state index is 0.512. The Morgan fingerprint density at radius 3 is 2.11 bits per heavy atom. The molecule has 1 N–H and O–H groups in total. The average Bonchev–Trinajstić information content (AvgIpc) is 2.23. The highest BCUT2D eigenvalue weighted by Gasteiger charge is 2.37. The molecular formula is C17H35NS. The molecule has 1 nitrogen and oxygen atoms in total. The van der Waals surface area contributed by atoms with Gasteiger partial charge >= 0.3 is 0 Å². The molecule has 2 heteroatoms. The van der Waals surface area contributed by atoms with Gasteiger partial charge in [-0.25, -0.2) is 0 Å². The van der Waals surface area contributed by atoms with Gasteiger partial charge in [-0.15, -0.1) is 0 Å². The second kappa shape index (κ2) is 7.93. The van der Waals surface area contributed by atoms with Crippen LogP contribution in [0.5, 0.6) is 0 Å². The van der Waals surface area contributed by atoms with Crippen molar-refractivity contribution in [2.75, 3.05) is 18.6 Å². The molecule has 0 aliphatic heterocycles. The monoisotopic (exact) mass is 285 g/mol. The van der Waals surface area contributed by atoms with E-state index in [4.69, 9.17) is 0 Å². The van der Waals surface area contributed by atoms with Crippen LogP contribution in [0.25, 0.3) is 0 Å². The molecule has 1 saturated carbocycles. The lowest BCUT2D eigenvalue weighted by Gasteiger charge is -2.45. The average molecular weight is 286 g/mol. The summed E-state index contributed by atoms with van der Waals surface area (Å²) in [6.45, 7) is 11.0. The van der Waals surface area contributed by atoms with Crippen molar-refractivity contribution in [2.24, 2.45) is 10.8 Å². The largest absolute Gasteiger partial charge is 0.314 e. The van der Waals surface area contributed by atoms with E-state index in [2.05, 4.69) is 39.3 Å². The van der Waals surface area contributed by atoms with Crippen LogP contribution in [0.3, 0.4) is 0 Å². The Morgan fingerprint density at radius 2 is 1.53 bits per heavy atom. The van der Waals surface area contributed by atoms with Crippen molar-refractivity contribution in [1.82, 2.24) is 5.32 Å². The molecule has 0 spiro atoms. The maximum Gasteiger partial charge on any atom is 0.00772 e. The molecule has 0 amide bonds. The Kier molecular flexibility index (Phi) is 7.24. The number of unbranched alkanes of at least 4 members (excludes halogenated alkanes) is 3. The van der Waals surface area contributed by atoms with Gasteiger partial charge in [-0.2, -0.15) is 11.8 Å². The first-order valence-corrected chi connectivity index (χ1v) is 9.46. The number of thioether (sulfide) groups is 1. The quantitative estimate of drug-likeness (QED) is 0.622. The van der Waals surface area contributed by atoms with Gasteiger partial charge in [0, 0.05) is 6.04 Å². The highest BCUT2D eigenvalue weighted by Crippen LogP contribution is 2.45. The van der Waals surface area contributed by atoms with Crippen molar-refractivity contribution >= 4 is 11.8 Å². The lowest BCUT2D eigenvalue weighted by Crippen LogP contribution is -2.44. The van der Waals surface area contributed by atoms with Crippen LogP contribution in [-0.4, -0.2) is 24.6 Å². The number of nitrogens with one attached hydrogen (secondary N) is 1. The lowest BCUT2D eigenvalue weighted by atomic mass is 9.63. The van der Waals surface area contributed by atoms with Crippen molar-refractivity contribution in [2.45, 2.75) is 78.7 Å². The molecule has 1 aliphatic rings. The molecule has 1 aliphatic carbocycles. The van der Waals surface area contributed by atoms with Crippen LogP contribution in [-0.2, 0) is 0 Å². The zero-order chi connectivity index (χ0) is 14.4. The number of hydrogen-bond acceptors (Lipinski definition) is 2. The topological polar surface area (TPSA) is 12.0 Å². The maximum atomic E-state index is 3.82. The molecule has 0 aromatic rings. The molecule has 1 rings (SSSR count).